The second kappa shape index (κ2) is 8.33. The molecule has 0 aliphatic carbocycles. The van der Waals surface area contributed by atoms with Gasteiger partial charge in [0.15, 0.2) is 11.5 Å². The Balaban J connectivity index is 2.08. The number of pyridine rings is 1. The lowest BCUT2D eigenvalue weighted by molar-refractivity contribution is -0.112. The fourth-order valence-corrected chi connectivity index (χ4v) is 2.02. The molecule has 1 aromatic heterocycles. The third-order valence-corrected chi connectivity index (χ3v) is 3.31. The van der Waals surface area contributed by atoms with Gasteiger partial charge in [-0.3, -0.25) is 9.78 Å². The molecule has 1 aromatic carbocycles. The minimum absolute atomic E-state index is 0.0456. The number of hydrogen-bond acceptors (Lipinski definition) is 4. The molecule has 0 aliphatic rings. The van der Waals surface area contributed by atoms with Crippen LogP contribution in [0.5, 0.6) is 11.5 Å². The van der Waals surface area contributed by atoms with Crippen LogP contribution in [0.25, 0.3) is 0 Å². The molecular formula is C20H24N2O3. The molecule has 0 bridgehead atoms. The van der Waals surface area contributed by atoms with Crippen LogP contribution >= 0.6 is 0 Å². The largest absolute Gasteiger partial charge is 0.493 e. The Morgan fingerprint density at radius 2 is 1.88 bits per heavy atom. The molecule has 2 rings (SSSR count). The number of hydrogen-bond donors (Lipinski definition) is 1. The summed E-state index contributed by atoms with van der Waals surface area (Å²) in [5.74, 6) is 0.995. The second-order valence-corrected chi connectivity index (χ2v) is 6.70. The van der Waals surface area contributed by atoms with Crippen LogP contribution in [-0.2, 0) is 11.4 Å². The quantitative estimate of drug-likeness (QED) is 0.800. The second-order valence-electron chi connectivity index (χ2n) is 6.70. The van der Waals surface area contributed by atoms with Crippen LogP contribution in [0.15, 0.2) is 54.9 Å². The van der Waals surface area contributed by atoms with Crippen molar-refractivity contribution in [3.05, 3.63) is 60.4 Å². The fourth-order valence-electron chi connectivity index (χ4n) is 2.02. The van der Waals surface area contributed by atoms with E-state index in [1.807, 2.05) is 39.0 Å². The summed E-state index contributed by atoms with van der Waals surface area (Å²) >= 11 is 0. The van der Waals surface area contributed by atoms with Gasteiger partial charge in [-0.1, -0.05) is 26.8 Å². The number of carbonyl (C=O) groups excluding carboxylic acids is 1. The lowest BCUT2D eigenvalue weighted by Gasteiger charge is -2.13. The number of benzene rings is 1. The highest BCUT2D eigenvalue weighted by atomic mass is 16.5. The average molecular weight is 340 g/mol. The van der Waals surface area contributed by atoms with Gasteiger partial charge in [-0.15, -0.1) is 0 Å². The molecule has 1 heterocycles. The zero-order valence-electron chi connectivity index (χ0n) is 15.1. The van der Waals surface area contributed by atoms with Crippen LogP contribution in [0.3, 0.4) is 0 Å². The van der Waals surface area contributed by atoms with Crippen molar-refractivity contribution in [2.75, 3.05) is 12.4 Å². The highest BCUT2D eigenvalue weighted by Crippen LogP contribution is 2.31. The zero-order chi connectivity index (χ0) is 18.3. The van der Waals surface area contributed by atoms with E-state index in [9.17, 15) is 4.79 Å². The van der Waals surface area contributed by atoms with Gasteiger partial charge in [0.1, 0.15) is 6.61 Å². The SMILES string of the molecule is COc1ccc(NC(=O)/C=C/C(C)(C)C)cc1OCc1ccncc1. The van der Waals surface area contributed by atoms with E-state index in [1.54, 1.807) is 43.8 Å². The maximum Gasteiger partial charge on any atom is 0.248 e. The molecule has 0 aliphatic heterocycles. The van der Waals surface area contributed by atoms with Crippen LogP contribution in [0.1, 0.15) is 26.3 Å². The molecule has 1 N–H and O–H groups in total. The van der Waals surface area contributed by atoms with Gasteiger partial charge in [0, 0.05) is 24.1 Å². The number of ether oxygens (including phenoxy) is 2. The van der Waals surface area contributed by atoms with E-state index in [1.165, 1.54) is 0 Å². The molecule has 5 nitrogen and oxygen atoms in total. The van der Waals surface area contributed by atoms with Gasteiger partial charge in [0.25, 0.3) is 0 Å². The predicted molar refractivity (Wildman–Crippen MR) is 98.8 cm³/mol. The van der Waals surface area contributed by atoms with Crippen LogP contribution < -0.4 is 14.8 Å². The molecule has 0 radical (unpaired) electrons. The molecule has 0 saturated carbocycles. The van der Waals surface area contributed by atoms with Crippen molar-refractivity contribution in [1.29, 1.82) is 0 Å². The molecular weight excluding hydrogens is 316 g/mol. The Bertz CT molecular complexity index is 734. The first-order valence-corrected chi connectivity index (χ1v) is 8.07. The number of rotatable bonds is 6. The number of carbonyl (C=O) groups is 1. The van der Waals surface area contributed by atoms with Gasteiger partial charge < -0.3 is 14.8 Å². The van der Waals surface area contributed by atoms with Crippen molar-refractivity contribution < 1.29 is 14.3 Å². The maximum atomic E-state index is 12.0. The van der Waals surface area contributed by atoms with Crippen LogP contribution in [0.4, 0.5) is 5.69 Å². The standard InChI is InChI=1S/C20H24N2O3/c1-20(2,3)10-7-19(23)22-16-5-6-17(24-4)18(13-16)25-14-15-8-11-21-12-9-15/h5-13H,14H2,1-4H3,(H,22,23)/b10-7+. The smallest absolute Gasteiger partial charge is 0.248 e. The summed E-state index contributed by atoms with van der Waals surface area (Å²) in [6.07, 6.45) is 6.84. The molecule has 0 spiro atoms. The third-order valence-electron chi connectivity index (χ3n) is 3.31. The number of amides is 1. The zero-order valence-corrected chi connectivity index (χ0v) is 15.1. The molecule has 0 unspecified atom stereocenters. The van der Waals surface area contributed by atoms with E-state index < -0.39 is 0 Å². The third kappa shape index (κ3) is 6.30. The van der Waals surface area contributed by atoms with Crippen LogP contribution in [-0.4, -0.2) is 18.0 Å². The molecule has 25 heavy (non-hydrogen) atoms. The van der Waals surface area contributed by atoms with Gasteiger partial charge in [-0.2, -0.15) is 0 Å². The monoisotopic (exact) mass is 340 g/mol. The number of nitrogens with one attached hydrogen (secondary N) is 1. The molecule has 1 amide bonds. The maximum absolute atomic E-state index is 12.0. The Morgan fingerprint density at radius 1 is 1.16 bits per heavy atom. The molecule has 0 atom stereocenters. The minimum atomic E-state index is -0.180. The molecule has 132 valence electrons. The Morgan fingerprint density at radius 3 is 2.52 bits per heavy atom. The summed E-state index contributed by atoms with van der Waals surface area (Å²) in [5, 5.41) is 2.83. The number of anilines is 1. The van der Waals surface area contributed by atoms with E-state index in [0.29, 0.717) is 23.8 Å². The first kappa shape index (κ1) is 18.5. The van der Waals surface area contributed by atoms with Crippen molar-refractivity contribution in [2.45, 2.75) is 27.4 Å². The van der Waals surface area contributed by atoms with Gasteiger partial charge >= 0.3 is 0 Å². The van der Waals surface area contributed by atoms with Crippen LogP contribution in [0.2, 0.25) is 0 Å². The Labute approximate surface area is 148 Å². The Kier molecular flexibility index (Phi) is 6.17. The molecule has 0 saturated heterocycles. The summed E-state index contributed by atoms with van der Waals surface area (Å²) < 4.78 is 11.2. The summed E-state index contributed by atoms with van der Waals surface area (Å²) in [5.41, 5.74) is 1.60. The highest BCUT2D eigenvalue weighted by Gasteiger charge is 2.09. The number of nitrogens with zero attached hydrogens (tertiary/aromatic N) is 1. The van der Waals surface area contributed by atoms with Crippen LogP contribution in [0, 0.1) is 5.41 Å². The topological polar surface area (TPSA) is 60.5 Å². The molecule has 2 aromatic rings. The first-order valence-electron chi connectivity index (χ1n) is 8.07. The number of allylic oxidation sites excluding steroid dienone is 1. The van der Waals surface area contributed by atoms with Gasteiger partial charge in [0.2, 0.25) is 5.91 Å². The molecule has 5 heteroatoms. The first-order chi connectivity index (χ1) is 11.9. The summed E-state index contributed by atoms with van der Waals surface area (Å²) in [6.45, 7) is 6.50. The van der Waals surface area contributed by atoms with E-state index >= 15 is 0 Å². The van der Waals surface area contributed by atoms with Gasteiger partial charge in [0.05, 0.1) is 7.11 Å². The minimum Gasteiger partial charge on any atom is -0.493 e. The number of aromatic nitrogens is 1. The van der Waals surface area contributed by atoms with E-state index in [-0.39, 0.29) is 11.3 Å². The van der Waals surface area contributed by atoms with Crippen molar-refractivity contribution in [1.82, 2.24) is 4.98 Å². The summed E-state index contributed by atoms with van der Waals surface area (Å²) in [7, 11) is 1.58. The van der Waals surface area contributed by atoms with E-state index in [4.69, 9.17) is 9.47 Å². The van der Waals surface area contributed by atoms with Gasteiger partial charge in [-0.25, -0.2) is 0 Å². The van der Waals surface area contributed by atoms with Crippen molar-refractivity contribution in [3.8, 4) is 11.5 Å². The fraction of sp³-hybridized carbons (Fsp3) is 0.300. The predicted octanol–water partition coefficient (Wildman–Crippen LogP) is 4.21. The lowest BCUT2D eigenvalue weighted by Crippen LogP contribution is -2.10. The van der Waals surface area contributed by atoms with E-state index in [2.05, 4.69) is 10.3 Å². The van der Waals surface area contributed by atoms with Gasteiger partial charge in [-0.05, 0) is 41.3 Å². The molecule has 0 fully saturated rings. The van der Waals surface area contributed by atoms with Crippen molar-refractivity contribution in [3.63, 3.8) is 0 Å². The summed E-state index contributed by atoms with van der Waals surface area (Å²) in [6, 6.07) is 9.07. The highest BCUT2D eigenvalue weighted by molar-refractivity contribution is 5.99. The lowest BCUT2D eigenvalue weighted by atomic mass is 9.96. The summed E-state index contributed by atoms with van der Waals surface area (Å²) in [4.78, 5) is 16.0. The van der Waals surface area contributed by atoms with Crippen molar-refractivity contribution in [2.24, 2.45) is 5.41 Å². The van der Waals surface area contributed by atoms with Crippen molar-refractivity contribution >= 4 is 11.6 Å². The Hall–Kier alpha value is -2.82. The van der Waals surface area contributed by atoms with E-state index in [0.717, 1.165) is 5.56 Å². The normalized spacial score (nSPS) is 11.4. The number of methoxy groups -OCH3 is 1. The average Bonchev–Trinajstić information content (AvgIpc) is 2.59.